The van der Waals surface area contributed by atoms with Crippen LogP contribution in [-0.4, -0.2) is 43.8 Å². The number of sulfonamides is 1. The highest BCUT2D eigenvalue weighted by Gasteiger charge is 2.31. The number of para-hydroxylation sites is 2. The predicted molar refractivity (Wildman–Crippen MR) is 96.1 cm³/mol. The summed E-state index contributed by atoms with van der Waals surface area (Å²) in [6, 6.07) is 9.81. The molecule has 128 valence electrons. The van der Waals surface area contributed by atoms with Gasteiger partial charge in [0.2, 0.25) is 0 Å². The molecule has 1 fully saturated rings. The van der Waals surface area contributed by atoms with Gasteiger partial charge in [0.25, 0.3) is 15.7 Å². The van der Waals surface area contributed by atoms with Gasteiger partial charge in [-0.3, -0.25) is 10.1 Å². The van der Waals surface area contributed by atoms with Crippen LogP contribution in [0.25, 0.3) is 0 Å². The molecule has 1 saturated heterocycles. The van der Waals surface area contributed by atoms with E-state index in [4.69, 9.17) is 0 Å². The predicted octanol–water partition coefficient (Wildman–Crippen LogP) is 2.93. The number of rotatable bonds is 4. The zero-order chi connectivity index (χ0) is 17.3. The normalized spacial score (nSPS) is 16.3. The molecule has 10 heteroatoms. The quantitative estimate of drug-likeness (QED) is 0.548. The van der Waals surface area contributed by atoms with E-state index in [-0.39, 0.29) is 5.69 Å². The van der Waals surface area contributed by atoms with E-state index in [1.54, 1.807) is 30.3 Å². The van der Waals surface area contributed by atoms with Crippen LogP contribution in [0.15, 0.2) is 44.4 Å². The summed E-state index contributed by atoms with van der Waals surface area (Å²) in [5.41, 5.74) is 0.564. The van der Waals surface area contributed by atoms with Crippen molar-refractivity contribution in [2.45, 2.75) is 4.21 Å². The summed E-state index contributed by atoms with van der Waals surface area (Å²) in [7, 11) is -3.51. The molecule has 0 spiro atoms. The Balaban J connectivity index is 1.76. The molecule has 0 bridgehead atoms. The standard InChI is InChI=1S/C14H14BrN3O4S2/c15-13-5-6-14(23-13)24(21,22)17-9-7-16(8-10-17)11-3-1-2-4-12(11)18(19)20/h1-6H,7-10H2. The first-order chi connectivity index (χ1) is 11.4. The summed E-state index contributed by atoms with van der Waals surface area (Å²) in [4.78, 5) is 12.6. The molecule has 0 atom stereocenters. The van der Waals surface area contributed by atoms with Gasteiger partial charge < -0.3 is 4.90 Å². The maximum Gasteiger partial charge on any atom is 0.292 e. The Labute approximate surface area is 151 Å². The summed E-state index contributed by atoms with van der Waals surface area (Å²) in [6.45, 7) is 1.42. The fourth-order valence-corrected chi connectivity index (χ4v) is 6.21. The van der Waals surface area contributed by atoms with Crippen molar-refractivity contribution in [2.75, 3.05) is 31.1 Å². The minimum absolute atomic E-state index is 0.0380. The molecular weight excluding hydrogens is 418 g/mol. The molecule has 0 N–H and O–H groups in total. The lowest BCUT2D eigenvalue weighted by Gasteiger charge is -2.34. The monoisotopic (exact) mass is 431 g/mol. The van der Waals surface area contributed by atoms with Crippen molar-refractivity contribution < 1.29 is 13.3 Å². The number of thiophene rings is 1. The van der Waals surface area contributed by atoms with E-state index in [2.05, 4.69) is 15.9 Å². The second-order valence-electron chi connectivity index (χ2n) is 5.20. The number of hydrogen-bond acceptors (Lipinski definition) is 6. The number of nitro groups is 1. The number of piperazine rings is 1. The van der Waals surface area contributed by atoms with E-state index in [9.17, 15) is 18.5 Å². The van der Waals surface area contributed by atoms with E-state index in [1.165, 1.54) is 21.7 Å². The average Bonchev–Trinajstić information content (AvgIpc) is 3.02. The van der Waals surface area contributed by atoms with Gasteiger partial charge in [-0.1, -0.05) is 12.1 Å². The van der Waals surface area contributed by atoms with E-state index in [1.807, 2.05) is 4.90 Å². The molecule has 2 heterocycles. The molecule has 24 heavy (non-hydrogen) atoms. The van der Waals surface area contributed by atoms with E-state index >= 15 is 0 Å². The van der Waals surface area contributed by atoms with Crippen LogP contribution in [0.1, 0.15) is 0 Å². The molecule has 0 unspecified atom stereocenters. The van der Waals surface area contributed by atoms with E-state index in [0.717, 1.165) is 3.79 Å². The van der Waals surface area contributed by atoms with Crippen molar-refractivity contribution in [3.8, 4) is 0 Å². The summed E-state index contributed by atoms with van der Waals surface area (Å²) in [5, 5.41) is 11.1. The van der Waals surface area contributed by atoms with Crippen molar-refractivity contribution >= 4 is 48.7 Å². The minimum atomic E-state index is -3.51. The maximum absolute atomic E-state index is 12.6. The van der Waals surface area contributed by atoms with Crippen LogP contribution < -0.4 is 4.90 Å². The van der Waals surface area contributed by atoms with Crippen LogP contribution in [0.4, 0.5) is 11.4 Å². The first-order valence-corrected chi connectivity index (χ1v) is 10.2. The first-order valence-electron chi connectivity index (χ1n) is 7.13. The Morgan fingerprint density at radius 1 is 1.08 bits per heavy atom. The van der Waals surface area contributed by atoms with Crippen LogP contribution >= 0.6 is 27.3 Å². The smallest absolute Gasteiger partial charge is 0.292 e. The van der Waals surface area contributed by atoms with Crippen molar-refractivity contribution in [1.82, 2.24) is 4.31 Å². The third-order valence-electron chi connectivity index (χ3n) is 3.80. The molecule has 0 saturated carbocycles. The van der Waals surface area contributed by atoms with Crippen molar-refractivity contribution in [3.05, 3.63) is 50.3 Å². The third-order valence-corrected chi connectivity index (χ3v) is 7.79. The van der Waals surface area contributed by atoms with Gasteiger partial charge in [0.05, 0.1) is 8.71 Å². The Hall–Kier alpha value is -1.49. The third kappa shape index (κ3) is 3.32. The number of anilines is 1. The zero-order valence-electron chi connectivity index (χ0n) is 12.5. The minimum Gasteiger partial charge on any atom is -0.363 e. The molecule has 1 aliphatic rings. The van der Waals surface area contributed by atoms with Gasteiger partial charge in [-0.2, -0.15) is 4.31 Å². The highest BCUT2D eigenvalue weighted by molar-refractivity contribution is 9.11. The number of nitro benzene ring substituents is 1. The van der Waals surface area contributed by atoms with Crippen molar-refractivity contribution in [2.24, 2.45) is 0 Å². The van der Waals surface area contributed by atoms with Crippen LogP contribution in [-0.2, 0) is 10.0 Å². The van der Waals surface area contributed by atoms with Crippen LogP contribution in [0.2, 0.25) is 0 Å². The highest BCUT2D eigenvalue weighted by atomic mass is 79.9. The molecule has 7 nitrogen and oxygen atoms in total. The fraction of sp³-hybridized carbons (Fsp3) is 0.286. The lowest BCUT2D eigenvalue weighted by Crippen LogP contribution is -2.48. The first kappa shape index (κ1) is 17.3. The lowest BCUT2D eigenvalue weighted by atomic mass is 10.2. The van der Waals surface area contributed by atoms with Gasteiger partial charge in [-0.15, -0.1) is 11.3 Å². The van der Waals surface area contributed by atoms with Crippen molar-refractivity contribution in [1.29, 1.82) is 0 Å². The average molecular weight is 432 g/mol. The highest BCUT2D eigenvalue weighted by Crippen LogP contribution is 2.31. The molecule has 3 rings (SSSR count). The van der Waals surface area contributed by atoms with Crippen LogP contribution in [0.5, 0.6) is 0 Å². The second-order valence-corrected chi connectivity index (χ2v) is 9.82. The summed E-state index contributed by atoms with van der Waals surface area (Å²) >= 11 is 4.45. The van der Waals surface area contributed by atoms with Crippen LogP contribution in [0, 0.1) is 10.1 Å². The zero-order valence-corrected chi connectivity index (χ0v) is 15.7. The number of nitrogens with zero attached hydrogens (tertiary/aromatic N) is 3. The number of halogens is 1. The lowest BCUT2D eigenvalue weighted by molar-refractivity contribution is -0.384. The van der Waals surface area contributed by atoms with Gasteiger partial charge in [-0.25, -0.2) is 8.42 Å². The molecule has 0 aliphatic carbocycles. The molecule has 2 aromatic rings. The van der Waals surface area contributed by atoms with Gasteiger partial charge in [0, 0.05) is 32.2 Å². The van der Waals surface area contributed by atoms with E-state index < -0.39 is 14.9 Å². The fourth-order valence-electron chi connectivity index (χ4n) is 2.62. The molecular formula is C14H14BrN3O4S2. The van der Waals surface area contributed by atoms with E-state index in [0.29, 0.717) is 36.1 Å². The maximum atomic E-state index is 12.6. The van der Waals surface area contributed by atoms with Crippen molar-refractivity contribution in [3.63, 3.8) is 0 Å². The molecule has 1 aromatic carbocycles. The molecule has 1 aromatic heterocycles. The summed E-state index contributed by atoms with van der Waals surface area (Å²) in [6.07, 6.45) is 0. The molecule has 1 aliphatic heterocycles. The molecule has 0 amide bonds. The van der Waals surface area contributed by atoms with Gasteiger partial charge >= 0.3 is 0 Å². The summed E-state index contributed by atoms with van der Waals surface area (Å²) < 4.78 is 27.7. The largest absolute Gasteiger partial charge is 0.363 e. The molecule has 0 radical (unpaired) electrons. The Bertz CT molecular complexity index is 860. The van der Waals surface area contributed by atoms with Gasteiger partial charge in [0.15, 0.2) is 0 Å². The Kier molecular flexibility index (Phi) is 4.90. The Morgan fingerprint density at radius 3 is 2.33 bits per heavy atom. The second kappa shape index (κ2) is 6.79. The SMILES string of the molecule is O=[N+]([O-])c1ccccc1N1CCN(S(=O)(=O)c2ccc(Br)s2)CC1. The summed E-state index contributed by atoms with van der Waals surface area (Å²) in [5.74, 6) is 0. The topological polar surface area (TPSA) is 83.8 Å². The van der Waals surface area contributed by atoms with Gasteiger partial charge in [0.1, 0.15) is 9.90 Å². The Morgan fingerprint density at radius 2 is 1.75 bits per heavy atom. The van der Waals surface area contributed by atoms with Crippen LogP contribution in [0.3, 0.4) is 0 Å². The number of hydrogen-bond donors (Lipinski definition) is 0. The number of benzene rings is 1. The van der Waals surface area contributed by atoms with Gasteiger partial charge in [-0.05, 0) is 34.1 Å².